The highest BCUT2D eigenvalue weighted by atomic mass is 35.5. The number of phenolic OH excluding ortho intramolecular Hbond substituents is 1. The Morgan fingerprint density at radius 3 is 2.70 bits per heavy atom. The third-order valence-electron chi connectivity index (χ3n) is 3.42. The van der Waals surface area contributed by atoms with Crippen LogP contribution in [0.15, 0.2) is 36.4 Å². The molecule has 0 aliphatic heterocycles. The molecule has 0 aliphatic carbocycles. The normalized spacial score (nSPS) is 11.2. The van der Waals surface area contributed by atoms with Crippen LogP contribution >= 0.6 is 11.6 Å². The Labute approximate surface area is 122 Å². The van der Waals surface area contributed by atoms with E-state index in [1.807, 2.05) is 6.92 Å². The van der Waals surface area contributed by atoms with Crippen LogP contribution < -0.4 is 0 Å². The fraction of sp³-hybridized carbons (Fsp3) is 0.188. The number of aromatic nitrogens is 2. The van der Waals surface area contributed by atoms with Gasteiger partial charge < -0.3 is 9.67 Å². The van der Waals surface area contributed by atoms with Crippen LogP contribution in [0.1, 0.15) is 12.5 Å². The molecular weight excluding hydrogens is 272 g/mol. The lowest BCUT2D eigenvalue weighted by atomic mass is 10.2. The molecule has 2 aromatic carbocycles. The Balaban J connectivity index is 2.30. The van der Waals surface area contributed by atoms with E-state index in [0.717, 1.165) is 23.4 Å². The summed E-state index contributed by atoms with van der Waals surface area (Å²) in [7, 11) is 0. The van der Waals surface area contributed by atoms with E-state index < -0.39 is 0 Å². The third-order valence-corrected chi connectivity index (χ3v) is 3.66. The van der Waals surface area contributed by atoms with E-state index in [4.69, 9.17) is 11.6 Å². The molecule has 0 aliphatic rings. The van der Waals surface area contributed by atoms with Crippen molar-refractivity contribution in [1.82, 2.24) is 9.55 Å². The Kier molecular flexibility index (Phi) is 3.14. The van der Waals surface area contributed by atoms with Crippen molar-refractivity contribution < 1.29 is 5.11 Å². The number of fused-ring (bicyclic) bond motifs is 1. The zero-order valence-corrected chi connectivity index (χ0v) is 12.1. The molecule has 0 spiro atoms. The monoisotopic (exact) mass is 286 g/mol. The van der Waals surface area contributed by atoms with Gasteiger partial charge in [0.2, 0.25) is 0 Å². The fourth-order valence-corrected chi connectivity index (χ4v) is 2.63. The maximum absolute atomic E-state index is 10.1. The van der Waals surface area contributed by atoms with Gasteiger partial charge in [-0.3, -0.25) is 0 Å². The summed E-state index contributed by atoms with van der Waals surface area (Å²) >= 11 is 5.89. The first-order chi connectivity index (χ1) is 9.60. The van der Waals surface area contributed by atoms with Crippen LogP contribution in [0.25, 0.3) is 22.4 Å². The molecule has 4 heteroatoms. The van der Waals surface area contributed by atoms with E-state index in [2.05, 4.69) is 34.7 Å². The SMILES string of the molecule is CCn1c(-c2ccc(Cl)cc2O)nc2cc(C)ccc21. The van der Waals surface area contributed by atoms with Gasteiger partial charge in [-0.05, 0) is 49.7 Å². The number of halogens is 1. The first-order valence-corrected chi connectivity index (χ1v) is 6.93. The first-order valence-electron chi connectivity index (χ1n) is 6.56. The second-order valence-electron chi connectivity index (χ2n) is 4.83. The lowest BCUT2D eigenvalue weighted by Gasteiger charge is -2.08. The fourth-order valence-electron chi connectivity index (χ4n) is 2.46. The van der Waals surface area contributed by atoms with Crippen molar-refractivity contribution in [2.45, 2.75) is 20.4 Å². The van der Waals surface area contributed by atoms with Gasteiger partial charge in [0, 0.05) is 11.6 Å². The van der Waals surface area contributed by atoms with E-state index >= 15 is 0 Å². The number of phenols is 1. The molecule has 3 aromatic rings. The molecule has 0 fully saturated rings. The Morgan fingerprint density at radius 1 is 1.20 bits per heavy atom. The number of hydrogen-bond donors (Lipinski definition) is 1. The predicted octanol–water partition coefficient (Wildman–Crippen LogP) is 4.39. The van der Waals surface area contributed by atoms with Gasteiger partial charge in [-0.1, -0.05) is 17.7 Å². The van der Waals surface area contributed by atoms with Crippen LogP contribution in [-0.2, 0) is 6.54 Å². The van der Waals surface area contributed by atoms with Crippen LogP contribution in [-0.4, -0.2) is 14.7 Å². The smallest absolute Gasteiger partial charge is 0.144 e. The molecule has 20 heavy (non-hydrogen) atoms. The van der Waals surface area contributed by atoms with E-state index in [0.29, 0.717) is 10.6 Å². The van der Waals surface area contributed by atoms with Crippen LogP contribution in [0.4, 0.5) is 0 Å². The zero-order chi connectivity index (χ0) is 14.3. The highest BCUT2D eigenvalue weighted by Crippen LogP contribution is 2.33. The Bertz CT molecular complexity index is 793. The molecule has 3 nitrogen and oxygen atoms in total. The van der Waals surface area contributed by atoms with Crippen molar-refractivity contribution in [2.24, 2.45) is 0 Å². The van der Waals surface area contributed by atoms with Crippen molar-refractivity contribution in [2.75, 3.05) is 0 Å². The minimum atomic E-state index is 0.152. The quantitative estimate of drug-likeness (QED) is 0.759. The zero-order valence-electron chi connectivity index (χ0n) is 11.4. The van der Waals surface area contributed by atoms with Gasteiger partial charge in [0.25, 0.3) is 0 Å². The highest BCUT2D eigenvalue weighted by Gasteiger charge is 2.14. The highest BCUT2D eigenvalue weighted by molar-refractivity contribution is 6.30. The molecule has 102 valence electrons. The average molecular weight is 287 g/mol. The number of aromatic hydroxyl groups is 1. The summed E-state index contributed by atoms with van der Waals surface area (Å²) in [6.07, 6.45) is 0. The second-order valence-corrected chi connectivity index (χ2v) is 5.27. The summed E-state index contributed by atoms with van der Waals surface area (Å²) < 4.78 is 2.09. The van der Waals surface area contributed by atoms with Crippen LogP contribution in [0.2, 0.25) is 5.02 Å². The number of rotatable bonds is 2. The lowest BCUT2D eigenvalue weighted by Crippen LogP contribution is -1.97. The van der Waals surface area contributed by atoms with Gasteiger partial charge in [-0.2, -0.15) is 0 Å². The van der Waals surface area contributed by atoms with Crippen molar-refractivity contribution in [1.29, 1.82) is 0 Å². The number of hydrogen-bond acceptors (Lipinski definition) is 2. The van der Waals surface area contributed by atoms with Crippen LogP contribution in [0.3, 0.4) is 0 Å². The van der Waals surface area contributed by atoms with E-state index in [9.17, 15) is 5.11 Å². The summed E-state index contributed by atoms with van der Waals surface area (Å²) in [6.45, 7) is 4.90. The van der Waals surface area contributed by atoms with Crippen molar-refractivity contribution in [3.8, 4) is 17.1 Å². The maximum Gasteiger partial charge on any atom is 0.144 e. The van der Waals surface area contributed by atoms with E-state index in [1.54, 1.807) is 18.2 Å². The minimum absolute atomic E-state index is 0.152. The molecule has 0 unspecified atom stereocenters. The summed E-state index contributed by atoms with van der Waals surface area (Å²) in [5.74, 6) is 0.918. The summed E-state index contributed by atoms with van der Waals surface area (Å²) in [5.41, 5.74) is 3.88. The molecule has 0 saturated carbocycles. The minimum Gasteiger partial charge on any atom is -0.507 e. The Morgan fingerprint density at radius 2 is 2.00 bits per heavy atom. The Hall–Kier alpha value is -2.00. The molecule has 1 heterocycles. The number of aryl methyl sites for hydroxylation is 2. The van der Waals surface area contributed by atoms with E-state index in [1.165, 1.54) is 5.56 Å². The molecule has 1 aromatic heterocycles. The standard InChI is InChI=1S/C16H15ClN2O/c1-3-19-14-7-4-10(2)8-13(14)18-16(19)12-6-5-11(17)9-15(12)20/h4-9,20H,3H2,1-2H3. The molecule has 0 amide bonds. The van der Waals surface area contributed by atoms with Gasteiger partial charge in [0.1, 0.15) is 11.6 Å². The molecule has 0 atom stereocenters. The van der Waals surface area contributed by atoms with Gasteiger partial charge in [0.05, 0.1) is 16.6 Å². The summed E-state index contributed by atoms with van der Waals surface area (Å²) in [6, 6.07) is 11.3. The summed E-state index contributed by atoms with van der Waals surface area (Å²) in [4.78, 5) is 4.66. The second kappa shape index (κ2) is 4.84. The first kappa shape index (κ1) is 13.0. The topological polar surface area (TPSA) is 38.0 Å². The van der Waals surface area contributed by atoms with Crippen molar-refractivity contribution in [3.05, 3.63) is 47.0 Å². The average Bonchev–Trinajstić information content (AvgIpc) is 2.75. The van der Waals surface area contributed by atoms with Crippen molar-refractivity contribution >= 4 is 22.6 Å². The molecule has 0 radical (unpaired) electrons. The molecular formula is C16H15ClN2O. The largest absolute Gasteiger partial charge is 0.507 e. The molecule has 3 rings (SSSR count). The number of benzene rings is 2. The van der Waals surface area contributed by atoms with Gasteiger partial charge in [-0.25, -0.2) is 4.98 Å². The van der Waals surface area contributed by atoms with Gasteiger partial charge in [-0.15, -0.1) is 0 Å². The lowest BCUT2D eigenvalue weighted by molar-refractivity contribution is 0.476. The number of nitrogens with zero attached hydrogens (tertiary/aromatic N) is 2. The molecule has 0 bridgehead atoms. The maximum atomic E-state index is 10.1. The molecule has 1 N–H and O–H groups in total. The van der Waals surface area contributed by atoms with Crippen molar-refractivity contribution in [3.63, 3.8) is 0 Å². The summed E-state index contributed by atoms with van der Waals surface area (Å²) in [5, 5.41) is 10.6. The molecule has 0 saturated heterocycles. The van der Waals surface area contributed by atoms with E-state index in [-0.39, 0.29) is 5.75 Å². The third kappa shape index (κ3) is 2.04. The predicted molar refractivity (Wildman–Crippen MR) is 82.3 cm³/mol. The van der Waals surface area contributed by atoms with Gasteiger partial charge in [0.15, 0.2) is 0 Å². The van der Waals surface area contributed by atoms with Gasteiger partial charge >= 0.3 is 0 Å². The van der Waals surface area contributed by atoms with Crippen LogP contribution in [0, 0.1) is 6.92 Å². The number of imidazole rings is 1. The van der Waals surface area contributed by atoms with Crippen LogP contribution in [0.5, 0.6) is 5.75 Å².